The van der Waals surface area contributed by atoms with Crippen LogP contribution < -0.4 is 14.5 Å². The molecule has 1 amide bonds. The van der Waals surface area contributed by atoms with Crippen LogP contribution in [-0.4, -0.2) is 38.0 Å². The van der Waals surface area contributed by atoms with Crippen LogP contribution in [0.25, 0.3) is 5.76 Å². The largest absolute Gasteiger partial charge is 0.507 e. The zero-order valence-electron chi connectivity index (χ0n) is 19.1. The van der Waals surface area contributed by atoms with Crippen LogP contribution in [0.1, 0.15) is 22.7 Å². The number of methoxy groups -OCH3 is 1. The van der Waals surface area contributed by atoms with Gasteiger partial charge in [-0.15, -0.1) is 0 Å². The first kappa shape index (κ1) is 22.1. The molecule has 0 bridgehead atoms. The minimum absolute atomic E-state index is 0.0595. The van der Waals surface area contributed by atoms with Gasteiger partial charge in [-0.2, -0.15) is 0 Å². The first-order chi connectivity index (χ1) is 15.8. The molecule has 1 atom stereocenters. The van der Waals surface area contributed by atoms with Crippen LogP contribution in [0.3, 0.4) is 0 Å². The third kappa shape index (κ3) is 4.07. The number of nitrogens with zero attached hydrogens (tertiary/aromatic N) is 2. The highest BCUT2D eigenvalue weighted by atomic mass is 16.5. The summed E-state index contributed by atoms with van der Waals surface area (Å²) in [4.78, 5) is 29.9. The predicted octanol–water partition coefficient (Wildman–Crippen LogP) is 4.70. The second-order valence-electron chi connectivity index (χ2n) is 8.22. The van der Waals surface area contributed by atoms with Gasteiger partial charge < -0.3 is 14.7 Å². The summed E-state index contributed by atoms with van der Waals surface area (Å²) in [5.74, 6) is -0.973. The van der Waals surface area contributed by atoms with E-state index < -0.39 is 17.7 Å². The van der Waals surface area contributed by atoms with Gasteiger partial charge in [-0.3, -0.25) is 14.5 Å². The summed E-state index contributed by atoms with van der Waals surface area (Å²) in [6.45, 7) is 1.93. The Morgan fingerprint density at radius 2 is 1.64 bits per heavy atom. The second kappa shape index (κ2) is 8.82. The Balaban J connectivity index is 1.91. The SMILES string of the molecule is COc1ccc(/C(O)=C2\C(=O)C(=O)N(c3cccc(C)c3)C2c2ccc(N(C)C)cc2)cc1. The van der Waals surface area contributed by atoms with Gasteiger partial charge in [-0.25, -0.2) is 0 Å². The zero-order chi connectivity index (χ0) is 23.7. The maximum absolute atomic E-state index is 13.2. The van der Waals surface area contributed by atoms with Crippen LogP contribution in [0.4, 0.5) is 11.4 Å². The normalized spacial score (nSPS) is 17.3. The quantitative estimate of drug-likeness (QED) is 0.353. The summed E-state index contributed by atoms with van der Waals surface area (Å²) in [6.07, 6.45) is 0. The second-order valence-corrected chi connectivity index (χ2v) is 8.22. The van der Waals surface area contributed by atoms with Crippen LogP contribution in [0, 0.1) is 6.92 Å². The number of aliphatic hydroxyl groups excluding tert-OH is 1. The molecule has 1 saturated heterocycles. The number of amides is 1. The Morgan fingerprint density at radius 3 is 2.21 bits per heavy atom. The molecule has 3 aromatic rings. The lowest BCUT2D eigenvalue weighted by Gasteiger charge is -2.26. The number of aliphatic hydroxyl groups is 1. The number of carbonyl (C=O) groups is 2. The molecule has 6 nitrogen and oxygen atoms in total. The minimum Gasteiger partial charge on any atom is -0.507 e. The number of anilines is 2. The molecule has 0 aromatic heterocycles. The van der Waals surface area contributed by atoms with Crippen molar-refractivity contribution in [2.75, 3.05) is 31.0 Å². The molecule has 4 rings (SSSR count). The van der Waals surface area contributed by atoms with E-state index in [9.17, 15) is 14.7 Å². The summed E-state index contributed by atoms with van der Waals surface area (Å²) >= 11 is 0. The molecule has 0 spiro atoms. The number of aryl methyl sites for hydroxylation is 1. The Hall–Kier alpha value is -4.06. The van der Waals surface area contributed by atoms with Crippen molar-refractivity contribution in [3.05, 3.63) is 95.1 Å². The Labute approximate surface area is 193 Å². The van der Waals surface area contributed by atoms with Crippen molar-refractivity contribution >= 4 is 28.8 Å². The molecule has 0 saturated carbocycles. The lowest BCUT2D eigenvalue weighted by Crippen LogP contribution is -2.29. The first-order valence-electron chi connectivity index (χ1n) is 10.6. The number of ketones is 1. The first-order valence-corrected chi connectivity index (χ1v) is 10.6. The Bertz CT molecular complexity index is 1230. The summed E-state index contributed by atoms with van der Waals surface area (Å²) < 4.78 is 5.19. The van der Waals surface area contributed by atoms with E-state index in [2.05, 4.69) is 0 Å². The van der Waals surface area contributed by atoms with Gasteiger partial charge in [0.1, 0.15) is 11.5 Å². The van der Waals surface area contributed by atoms with E-state index in [-0.39, 0.29) is 11.3 Å². The molecule has 168 valence electrons. The molecule has 1 fully saturated rings. The van der Waals surface area contributed by atoms with Gasteiger partial charge in [0, 0.05) is 31.0 Å². The smallest absolute Gasteiger partial charge is 0.300 e. The van der Waals surface area contributed by atoms with Crippen molar-refractivity contribution in [1.29, 1.82) is 0 Å². The number of benzene rings is 3. The van der Waals surface area contributed by atoms with Crippen molar-refractivity contribution < 1.29 is 19.4 Å². The highest BCUT2D eigenvalue weighted by molar-refractivity contribution is 6.51. The van der Waals surface area contributed by atoms with E-state index in [1.54, 1.807) is 37.4 Å². The lowest BCUT2D eigenvalue weighted by molar-refractivity contribution is -0.132. The summed E-state index contributed by atoms with van der Waals surface area (Å²) in [7, 11) is 5.44. The van der Waals surface area contributed by atoms with Gasteiger partial charge in [0.05, 0.1) is 18.7 Å². The van der Waals surface area contributed by atoms with Crippen molar-refractivity contribution in [2.24, 2.45) is 0 Å². The summed E-state index contributed by atoms with van der Waals surface area (Å²) in [5, 5.41) is 11.2. The highest BCUT2D eigenvalue weighted by Gasteiger charge is 2.47. The van der Waals surface area contributed by atoms with Crippen molar-refractivity contribution in [1.82, 2.24) is 0 Å². The van der Waals surface area contributed by atoms with Gasteiger partial charge in [0.15, 0.2) is 0 Å². The lowest BCUT2D eigenvalue weighted by atomic mass is 9.94. The monoisotopic (exact) mass is 442 g/mol. The van der Waals surface area contributed by atoms with Crippen LogP contribution in [0.5, 0.6) is 5.75 Å². The van der Waals surface area contributed by atoms with Crippen molar-refractivity contribution in [3.63, 3.8) is 0 Å². The van der Waals surface area contributed by atoms with E-state index in [1.165, 1.54) is 4.90 Å². The van der Waals surface area contributed by atoms with Crippen molar-refractivity contribution in [2.45, 2.75) is 13.0 Å². The van der Waals surface area contributed by atoms with Crippen LogP contribution in [-0.2, 0) is 9.59 Å². The molecule has 33 heavy (non-hydrogen) atoms. The van der Waals surface area contributed by atoms with Gasteiger partial charge in [-0.05, 0) is 66.6 Å². The Morgan fingerprint density at radius 1 is 0.970 bits per heavy atom. The maximum atomic E-state index is 13.2. The average Bonchev–Trinajstić information content (AvgIpc) is 3.09. The van der Waals surface area contributed by atoms with E-state index in [0.717, 1.165) is 16.8 Å². The van der Waals surface area contributed by atoms with Gasteiger partial charge in [-0.1, -0.05) is 24.3 Å². The van der Waals surface area contributed by atoms with Gasteiger partial charge in [0.25, 0.3) is 11.7 Å². The number of rotatable bonds is 5. The van der Waals surface area contributed by atoms with Crippen LogP contribution in [0.2, 0.25) is 0 Å². The molecule has 6 heteroatoms. The molecule has 1 aliphatic heterocycles. The number of carbonyl (C=O) groups excluding carboxylic acids is 2. The van der Waals surface area contributed by atoms with Crippen molar-refractivity contribution in [3.8, 4) is 5.75 Å². The summed E-state index contributed by atoms with van der Waals surface area (Å²) in [5.41, 5.74) is 3.79. The molecular weight excluding hydrogens is 416 g/mol. The molecule has 0 radical (unpaired) electrons. The standard InChI is InChI=1S/C27H26N2O4/c1-17-6-5-7-21(16-17)29-24(18-8-12-20(13-9-18)28(2)3)23(26(31)27(29)32)25(30)19-10-14-22(33-4)15-11-19/h5-16,24,30H,1-4H3/b25-23+. The molecule has 3 aromatic carbocycles. The molecule has 1 N–H and O–H groups in total. The fraction of sp³-hybridized carbons (Fsp3) is 0.185. The molecule has 1 heterocycles. The number of Topliss-reactive ketones (excluding diaryl/α,β-unsaturated/α-hetero) is 1. The van der Waals surface area contributed by atoms with E-state index in [0.29, 0.717) is 17.0 Å². The number of ether oxygens (including phenoxy) is 1. The maximum Gasteiger partial charge on any atom is 0.300 e. The topological polar surface area (TPSA) is 70.1 Å². The molecule has 1 unspecified atom stereocenters. The van der Waals surface area contributed by atoms with E-state index in [4.69, 9.17) is 4.74 Å². The highest BCUT2D eigenvalue weighted by Crippen LogP contribution is 2.42. The third-order valence-corrected chi connectivity index (χ3v) is 5.81. The van der Waals surface area contributed by atoms with E-state index >= 15 is 0 Å². The zero-order valence-corrected chi connectivity index (χ0v) is 19.1. The molecule has 1 aliphatic rings. The average molecular weight is 443 g/mol. The number of hydrogen-bond donors (Lipinski definition) is 1. The van der Waals surface area contributed by atoms with Gasteiger partial charge in [0.2, 0.25) is 0 Å². The predicted molar refractivity (Wildman–Crippen MR) is 130 cm³/mol. The fourth-order valence-corrected chi connectivity index (χ4v) is 4.05. The number of hydrogen-bond acceptors (Lipinski definition) is 5. The Kier molecular flexibility index (Phi) is 5.92. The molecule has 0 aliphatic carbocycles. The van der Waals surface area contributed by atoms with Gasteiger partial charge >= 0.3 is 0 Å². The summed E-state index contributed by atoms with van der Waals surface area (Å²) in [6, 6.07) is 21.0. The molecular formula is C27H26N2O4. The van der Waals surface area contributed by atoms with Crippen LogP contribution in [0.15, 0.2) is 78.4 Å². The third-order valence-electron chi connectivity index (χ3n) is 5.81. The fourth-order valence-electron chi connectivity index (χ4n) is 4.05. The van der Waals surface area contributed by atoms with Crippen LogP contribution >= 0.6 is 0 Å². The van der Waals surface area contributed by atoms with E-state index in [1.807, 2.05) is 68.4 Å². The minimum atomic E-state index is -0.759.